The first-order valence-electron chi connectivity index (χ1n) is 6.10. The molecule has 0 aliphatic heterocycles. The summed E-state index contributed by atoms with van der Waals surface area (Å²) in [6.07, 6.45) is 10.0. The van der Waals surface area contributed by atoms with Gasteiger partial charge in [0.2, 0.25) is 17.6 Å². The van der Waals surface area contributed by atoms with Gasteiger partial charge in [-0.1, -0.05) is 23.4 Å². The molecule has 0 aliphatic rings. The van der Waals surface area contributed by atoms with Crippen LogP contribution in [0.5, 0.6) is 0 Å². The van der Waals surface area contributed by atoms with Crippen molar-refractivity contribution in [2.24, 2.45) is 0 Å². The van der Waals surface area contributed by atoms with Gasteiger partial charge in [-0.15, -0.1) is 0 Å². The molecule has 20 heavy (non-hydrogen) atoms. The molecule has 0 atom stereocenters. The fraction of sp³-hybridized carbons (Fsp3) is 0.143. The van der Waals surface area contributed by atoms with Crippen LogP contribution in [-0.4, -0.2) is 21.0 Å². The van der Waals surface area contributed by atoms with Gasteiger partial charge in [0.25, 0.3) is 0 Å². The van der Waals surface area contributed by atoms with E-state index in [1.54, 1.807) is 36.7 Å². The van der Waals surface area contributed by atoms with E-state index in [0.29, 0.717) is 11.7 Å². The van der Waals surface area contributed by atoms with Crippen LogP contribution in [0.4, 0.5) is 0 Å². The van der Waals surface area contributed by atoms with Gasteiger partial charge in [0.15, 0.2) is 0 Å². The molecule has 0 bridgehead atoms. The van der Waals surface area contributed by atoms with E-state index < -0.39 is 0 Å². The molecule has 0 aromatic carbocycles. The van der Waals surface area contributed by atoms with E-state index >= 15 is 0 Å². The predicted molar refractivity (Wildman–Crippen MR) is 73.3 cm³/mol. The van der Waals surface area contributed by atoms with Gasteiger partial charge in [0.1, 0.15) is 0 Å². The van der Waals surface area contributed by atoms with Gasteiger partial charge in [-0.3, -0.25) is 9.78 Å². The van der Waals surface area contributed by atoms with E-state index in [0.717, 1.165) is 5.56 Å². The van der Waals surface area contributed by atoms with Crippen molar-refractivity contribution in [1.29, 1.82) is 0 Å². The van der Waals surface area contributed by atoms with Crippen LogP contribution in [0, 0.1) is 0 Å². The number of rotatable bonds is 5. The largest absolute Gasteiger partial charge is 0.343 e. The summed E-state index contributed by atoms with van der Waals surface area (Å²) < 4.78 is 5.06. The van der Waals surface area contributed by atoms with Crippen LogP contribution in [0.3, 0.4) is 0 Å². The molecule has 6 heteroatoms. The molecule has 0 fully saturated rings. The number of hydrogen-bond acceptors (Lipinski definition) is 5. The fourth-order valence-electron chi connectivity index (χ4n) is 1.42. The maximum Gasteiger partial charge on any atom is 0.246 e. The summed E-state index contributed by atoms with van der Waals surface area (Å²) in [6.45, 7) is 2.07. The lowest BCUT2D eigenvalue weighted by Crippen LogP contribution is -2.20. The van der Waals surface area contributed by atoms with Crippen LogP contribution in [0.1, 0.15) is 12.8 Å². The molecule has 1 amide bonds. The number of carbonyl (C=O) groups excluding carboxylic acids is 1. The zero-order chi connectivity index (χ0) is 14.2. The first kappa shape index (κ1) is 13.7. The normalized spacial score (nSPS) is 11.2. The fourth-order valence-corrected chi connectivity index (χ4v) is 1.42. The third-order valence-corrected chi connectivity index (χ3v) is 2.37. The summed E-state index contributed by atoms with van der Waals surface area (Å²) in [4.78, 5) is 19.5. The Morgan fingerprint density at radius 1 is 1.35 bits per heavy atom. The van der Waals surface area contributed by atoms with E-state index in [-0.39, 0.29) is 12.5 Å². The first-order chi connectivity index (χ1) is 9.79. The molecule has 102 valence electrons. The minimum absolute atomic E-state index is 0.192. The molecule has 0 unspecified atom stereocenters. The molecule has 2 aromatic rings. The molecule has 2 aromatic heterocycles. The Hall–Kier alpha value is -2.76. The van der Waals surface area contributed by atoms with Crippen LogP contribution >= 0.6 is 0 Å². The summed E-state index contributed by atoms with van der Waals surface area (Å²) in [5, 5.41) is 6.50. The van der Waals surface area contributed by atoms with Crippen molar-refractivity contribution in [2.45, 2.75) is 13.5 Å². The van der Waals surface area contributed by atoms with Gasteiger partial charge in [0.05, 0.1) is 6.54 Å². The smallest absolute Gasteiger partial charge is 0.246 e. The maximum absolute atomic E-state index is 11.4. The Bertz CT molecular complexity index is 617. The highest BCUT2D eigenvalue weighted by atomic mass is 16.5. The van der Waals surface area contributed by atoms with E-state index in [1.165, 1.54) is 6.08 Å². The van der Waals surface area contributed by atoms with Crippen molar-refractivity contribution in [2.75, 3.05) is 0 Å². The number of pyridine rings is 1. The summed E-state index contributed by atoms with van der Waals surface area (Å²) in [5.41, 5.74) is 0.814. The van der Waals surface area contributed by atoms with Gasteiger partial charge in [-0.25, -0.2) is 0 Å². The summed E-state index contributed by atoms with van der Waals surface area (Å²) in [5.74, 6) is 0.609. The zero-order valence-corrected chi connectivity index (χ0v) is 11.0. The second-order valence-electron chi connectivity index (χ2n) is 3.85. The Labute approximate surface area is 116 Å². The van der Waals surface area contributed by atoms with Gasteiger partial charge in [0, 0.05) is 24.0 Å². The SMILES string of the molecule is C/C=C/C=C/C(=O)NCc1nc(-c2ccncc2)no1. The van der Waals surface area contributed by atoms with E-state index in [2.05, 4.69) is 20.4 Å². The first-order valence-corrected chi connectivity index (χ1v) is 6.10. The van der Waals surface area contributed by atoms with Crippen molar-refractivity contribution in [3.8, 4) is 11.4 Å². The average Bonchev–Trinajstić information content (AvgIpc) is 2.95. The molecule has 2 rings (SSSR count). The maximum atomic E-state index is 11.4. The van der Waals surface area contributed by atoms with Crippen molar-refractivity contribution < 1.29 is 9.32 Å². The zero-order valence-electron chi connectivity index (χ0n) is 11.0. The van der Waals surface area contributed by atoms with Gasteiger partial charge < -0.3 is 9.84 Å². The molecule has 6 nitrogen and oxygen atoms in total. The molecule has 0 radical (unpaired) electrons. The van der Waals surface area contributed by atoms with E-state index in [9.17, 15) is 4.79 Å². The van der Waals surface area contributed by atoms with Crippen LogP contribution in [-0.2, 0) is 11.3 Å². The average molecular weight is 270 g/mol. The molecule has 0 saturated heterocycles. The molecule has 0 aliphatic carbocycles. The number of allylic oxidation sites excluding steroid dienone is 3. The van der Waals surface area contributed by atoms with Crippen LogP contribution in [0.15, 0.2) is 53.4 Å². The highest BCUT2D eigenvalue weighted by molar-refractivity contribution is 5.87. The van der Waals surface area contributed by atoms with Crippen molar-refractivity contribution in [3.63, 3.8) is 0 Å². The third kappa shape index (κ3) is 3.88. The van der Waals surface area contributed by atoms with E-state index in [4.69, 9.17) is 4.52 Å². The van der Waals surface area contributed by atoms with Crippen molar-refractivity contribution in [3.05, 3.63) is 54.7 Å². The van der Waals surface area contributed by atoms with Crippen LogP contribution in [0.2, 0.25) is 0 Å². The molecular formula is C14H14N4O2. The van der Waals surface area contributed by atoms with Crippen LogP contribution < -0.4 is 5.32 Å². The van der Waals surface area contributed by atoms with Gasteiger partial charge >= 0.3 is 0 Å². The third-order valence-electron chi connectivity index (χ3n) is 2.37. The number of carbonyl (C=O) groups is 1. The van der Waals surface area contributed by atoms with E-state index in [1.807, 2.05) is 13.0 Å². The number of hydrogen-bond donors (Lipinski definition) is 1. The number of nitrogens with zero attached hydrogens (tertiary/aromatic N) is 3. The Morgan fingerprint density at radius 2 is 2.15 bits per heavy atom. The number of nitrogens with one attached hydrogen (secondary N) is 1. The Kier molecular flexibility index (Phi) is 4.77. The predicted octanol–water partition coefficient (Wildman–Crippen LogP) is 1.88. The van der Waals surface area contributed by atoms with Crippen LogP contribution in [0.25, 0.3) is 11.4 Å². The Morgan fingerprint density at radius 3 is 2.90 bits per heavy atom. The van der Waals surface area contributed by atoms with Crippen molar-refractivity contribution in [1.82, 2.24) is 20.4 Å². The highest BCUT2D eigenvalue weighted by Crippen LogP contribution is 2.13. The lowest BCUT2D eigenvalue weighted by atomic mass is 10.2. The topological polar surface area (TPSA) is 80.9 Å². The standard InChI is InChI=1S/C14H14N4O2/c1-2-3-4-5-12(19)16-10-13-17-14(18-20-13)11-6-8-15-9-7-11/h2-9H,10H2,1H3,(H,16,19)/b3-2+,5-4+. The lowest BCUT2D eigenvalue weighted by molar-refractivity contribution is -0.116. The minimum atomic E-state index is -0.216. The second-order valence-corrected chi connectivity index (χ2v) is 3.85. The minimum Gasteiger partial charge on any atom is -0.343 e. The lowest BCUT2D eigenvalue weighted by Gasteiger charge is -1.95. The number of aromatic nitrogens is 3. The quantitative estimate of drug-likeness (QED) is 0.662. The molecule has 0 saturated carbocycles. The van der Waals surface area contributed by atoms with Crippen molar-refractivity contribution >= 4 is 5.91 Å². The monoisotopic (exact) mass is 270 g/mol. The van der Waals surface area contributed by atoms with Gasteiger partial charge in [-0.05, 0) is 19.1 Å². The summed E-state index contributed by atoms with van der Waals surface area (Å²) >= 11 is 0. The number of amides is 1. The molecule has 1 N–H and O–H groups in total. The molecule has 2 heterocycles. The molecular weight excluding hydrogens is 256 g/mol. The second kappa shape index (κ2) is 6.98. The highest BCUT2D eigenvalue weighted by Gasteiger charge is 2.08. The Balaban J connectivity index is 1.92. The molecule has 0 spiro atoms. The summed E-state index contributed by atoms with van der Waals surface area (Å²) in [7, 11) is 0. The summed E-state index contributed by atoms with van der Waals surface area (Å²) in [6, 6.07) is 3.57. The van der Waals surface area contributed by atoms with Gasteiger partial charge in [-0.2, -0.15) is 4.98 Å².